The van der Waals surface area contributed by atoms with Crippen LogP contribution in [0.25, 0.3) is 0 Å². The number of hydrogen-bond donors (Lipinski definition) is 2. The molecule has 0 unspecified atom stereocenters. The first-order valence-corrected chi connectivity index (χ1v) is 6.48. The summed E-state index contributed by atoms with van der Waals surface area (Å²) in [5.74, 6) is -0.157. The summed E-state index contributed by atoms with van der Waals surface area (Å²) in [4.78, 5) is 25.6. The molecule has 1 fully saturated rings. The molecule has 1 aliphatic carbocycles. The average molecular weight is 259 g/mol. The molecule has 1 saturated carbocycles. The van der Waals surface area contributed by atoms with Gasteiger partial charge in [0.25, 0.3) is 5.91 Å². The highest BCUT2D eigenvalue weighted by atomic mass is 16.2. The lowest BCUT2D eigenvalue weighted by Crippen LogP contribution is -2.38. The molecule has 0 aromatic heterocycles. The zero-order valence-corrected chi connectivity index (χ0v) is 10.9. The van der Waals surface area contributed by atoms with Gasteiger partial charge in [0.2, 0.25) is 5.91 Å². The first kappa shape index (κ1) is 12.2. The third-order valence-electron chi connectivity index (χ3n) is 3.90. The van der Waals surface area contributed by atoms with Crippen LogP contribution in [0.15, 0.2) is 18.2 Å². The number of rotatable bonds is 2. The largest absolute Gasteiger partial charge is 0.341 e. The highest BCUT2D eigenvalue weighted by Crippen LogP contribution is 2.33. The van der Waals surface area contributed by atoms with Gasteiger partial charge in [-0.3, -0.25) is 9.59 Å². The number of likely N-dealkylation sites (N-methyl/N-ethyl adjacent to an activating group) is 1. The maximum Gasteiger partial charge on any atom is 0.253 e. The van der Waals surface area contributed by atoms with E-state index in [1.807, 2.05) is 12.1 Å². The fourth-order valence-electron chi connectivity index (χ4n) is 2.28. The molecule has 0 radical (unpaired) electrons. The summed E-state index contributed by atoms with van der Waals surface area (Å²) < 4.78 is 0. The quantitative estimate of drug-likeness (QED) is 0.822. The Morgan fingerprint density at radius 2 is 2.16 bits per heavy atom. The van der Waals surface area contributed by atoms with Gasteiger partial charge in [-0.15, -0.1) is 0 Å². The van der Waals surface area contributed by atoms with Crippen molar-refractivity contribution >= 4 is 17.5 Å². The Balaban J connectivity index is 1.84. The molecule has 1 aliphatic heterocycles. The predicted octanol–water partition coefficient (Wildman–Crippen LogP) is 0.744. The molecular formula is C14H17N3O2. The van der Waals surface area contributed by atoms with E-state index in [1.165, 1.54) is 0 Å². The molecule has 0 spiro atoms. The van der Waals surface area contributed by atoms with E-state index in [0.29, 0.717) is 11.3 Å². The van der Waals surface area contributed by atoms with Crippen LogP contribution < -0.4 is 11.1 Å². The van der Waals surface area contributed by atoms with E-state index in [0.717, 1.165) is 31.4 Å². The van der Waals surface area contributed by atoms with Gasteiger partial charge in [0.1, 0.15) is 0 Å². The van der Waals surface area contributed by atoms with Crippen molar-refractivity contribution < 1.29 is 9.59 Å². The van der Waals surface area contributed by atoms with Crippen molar-refractivity contribution in [2.45, 2.75) is 24.8 Å². The Kier molecular flexibility index (Phi) is 2.60. The Hall–Kier alpha value is -1.88. The molecule has 0 bridgehead atoms. The molecule has 0 atom stereocenters. The van der Waals surface area contributed by atoms with Gasteiger partial charge in [0.15, 0.2) is 0 Å². The maximum atomic E-state index is 12.1. The zero-order valence-electron chi connectivity index (χ0n) is 10.9. The van der Waals surface area contributed by atoms with Gasteiger partial charge in [0.05, 0.1) is 5.54 Å². The van der Waals surface area contributed by atoms with Gasteiger partial charge in [-0.1, -0.05) is 6.07 Å². The standard InChI is InChI=1S/C14H17N3O2/c1-17-7-4-9-2-3-10(8-11(9)12(17)18)16-13(19)14(15)5-6-14/h2-3,8H,4-7,15H2,1H3,(H,16,19). The molecule has 5 heteroatoms. The van der Waals surface area contributed by atoms with Crippen LogP contribution in [0.3, 0.4) is 0 Å². The fourth-order valence-corrected chi connectivity index (χ4v) is 2.28. The minimum absolute atomic E-state index is 0.00577. The van der Waals surface area contributed by atoms with Crippen molar-refractivity contribution in [3.8, 4) is 0 Å². The number of carbonyl (C=O) groups excluding carboxylic acids is 2. The Bertz CT molecular complexity index is 564. The summed E-state index contributed by atoms with van der Waals surface area (Å²) in [5.41, 5.74) is 7.49. The first-order chi connectivity index (χ1) is 8.99. The summed E-state index contributed by atoms with van der Waals surface area (Å²) >= 11 is 0. The smallest absolute Gasteiger partial charge is 0.253 e. The zero-order chi connectivity index (χ0) is 13.6. The number of nitrogens with one attached hydrogen (secondary N) is 1. The van der Waals surface area contributed by atoms with Crippen molar-refractivity contribution in [3.05, 3.63) is 29.3 Å². The number of carbonyl (C=O) groups is 2. The van der Waals surface area contributed by atoms with Crippen LogP contribution >= 0.6 is 0 Å². The minimum atomic E-state index is -0.698. The van der Waals surface area contributed by atoms with Crippen LogP contribution in [0.4, 0.5) is 5.69 Å². The van der Waals surface area contributed by atoms with Crippen LogP contribution in [-0.2, 0) is 11.2 Å². The van der Waals surface area contributed by atoms with Gasteiger partial charge < -0.3 is 16.0 Å². The Morgan fingerprint density at radius 3 is 2.84 bits per heavy atom. The van der Waals surface area contributed by atoms with Gasteiger partial charge in [-0.2, -0.15) is 0 Å². The Morgan fingerprint density at radius 1 is 1.42 bits per heavy atom. The number of amides is 2. The summed E-state index contributed by atoms with van der Waals surface area (Å²) in [6.07, 6.45) is 2.31. The lowest BCUT2D eigenvalue weighted by Gasteiger charge is -2.25. The van der Waals surface area contributed by atoms with Gasteiger partial charge in [-0.05, 0) is 37.0 Å². The van der Waals surface area contributed by atoms with Crippen LogP contribution in [0.2, 0.25) is 0 Å². The molecule has 2 amide bonds. The molecule has 19 heavy (non-hydrogen) atoms. The van der Waals surface area contributed by atoms with Crippen LogP contribution in [0.5, 0.6) is 0 Å². The van der Waals surface area contributed by atoms with Crippen LogP contribution in [0, 0.1) is 0 Å². The molecule has 5 nitrogen and oxygen atoms in total. The number of benzene rings is 1. The normalized spacial score (nSPS) is 19.9. The molecule has 0 saturated heterocycles. The summed E-state index contributed by atoms with van der Waals surface area (Å²) in [5, 5.41) is 2.80. The van der Waals surface area contributed by atoms with E-state index in [2.05, 4.69) is 5.32 Å². The van der Waals surface area contributed by atoms with Crippen molar-refractivity contribution in [2.75, 3.05) is 18.9 Å². The number of nitrogens with zero attached hydrogens (tertiary/aromatic N) is 1. The second-order valence-corrected chi connectivity index (χ2v) is 5.46. The van der Waals surface area contributed by atoms with Crippen molar-refractivity contribution in [1.29, 1.82) is 0 Å². The van der Waals surface area contributed by atoms with Gasteiger partial charge in [-0.25, -0.2) is 0 Å². The third kappa shape index (κ3) is 2.10. The fraction of sp³-hybridized carbons (Fsp3) is 0.429. The number of nitrogens with two attached hydrogens (primary N) is 1. The van der Waals surface area contributed by atoms with E-state index >= 15 is 0 Å². The van der Waals surface area contributed by atoms with Gasteiger partial charge in [0, 0.05) is 24.8 Å². The van der Waals surface area contributed by atoms with E-state index in [9.17, 15) is 9.59 Å². The molecule has 1 heterocycles. The van der Waals surface area contributed by atoms with Crippen LogP contribution in [0.1, 0.15) is 28.8 Å². The van der Waals surface area contributed by atoms with Crippen LogP contribution in [-0.4, -0.2) is 35.8 Å². The monoisotopic (exact) mass is 259 g/mol. The number of anilines is 1. The van der Waals surface area contributed by atoms with E-state index in [-0.39, 0.29) is 11.8 Å². The molecule has 2 aliphatic rings. The highest BCUT2D eigenvalue weighted by Gasteiger charge is 2.46. The Labute approximate surface area is 111 Å². The third-order valence-corrected chi connectivity index (χ3v) is 3.90. The highest BCUT2D eigenvalue weighted by molar-refractivity contribution is 6.02. The lowest BCUT2D eigenvalue weighted by atomic mass is 9.98. The van der Waals surface area contributed by atoms with Crippen molar-refractivity contribution in [1.82, 2.24) is 4.90 Å². The van der Waals surface area contributed by atoms with Gasteiger partial charge >= 0.3 is 0 Å². The predicted molar refractivity (Wildman–Crippen MR) is 71.9 cm³/mol. The summed E-state index contributed by atoms with van der Waals surface area (Å²) in [6, 6.07) is 5.49. The average Bonchev–Trinajstić information content (AvgIpc) is 3.14. The minimum Gasteiger partial charge on any atom is -0.341 e. The van der Waals surface area contributed by atoms with Crippen molar-refractivity contribution in [2.24, 2.45) is 5.73 Å². The molecule has 1 aromatic carbocycles. The second kappa shape index (κ2) is 4.06. The first-order valence-electron chi connectivity index (χ1n) is 6.48. The van der Waals surface area contributed by atoms with E-state index in [1.54, 1.807) is 18.0 Å². The lowest BCUT2D eigenvalue weighted by molar-refractivity contribution is -0.118. The molecule has 1 aromatic rings. The SMILES string of the molecule is CN1CCc2ccc(NC(=O)C3(N)CC3)cc2C1=O. The topological polar surface area (TPSA) is 75.4 Å². The van der Waals surface area contributed by atoms with E-state index in [4.69, 9.17) is 5.73 Å². The summed E-state index contributed by atoms with van der Waals surface area (Å²) in [6.45, 7) is 0.740. The molecule has 100 valence electrons. The number of hydrogen-bond acceptors (Lipinski definition) is 3. The summed E-state index contributed by atoms with van der Waals surface area (Å²) in [7, 11) is 1.79. The molecule has 3 N–H and O–H groups in total. The molecular weight excluding hydrogens is 242 g/mol. The van der Waals surface area contributed by atoms with Crippen molar-refractivity contribution in [3.63, 3.8) is 0 Å². The van der Waals surface area contributed by atoms with E-state index < -0.39 is 5.54 Å². The number of fused-ring (bicyclic) bond motifs is 1. The molecule has 3 rings (SSSR count). The maximum absolute atomic E-state index is 12.1. The second-order valence-electron chi connectivity index (χ2n) is 5.46.